The summed E-state index contributed by atoms with van der Waals surface area (Å²) in [7, 11) is 0. The quantitative estimate of drug-likeness (QED) is 0.470. The molecule has 5 rings (SSSR count). The van der Waals surface area contributed by atoms with E-state index in [9.17, 15) is 9.18 Å². The molecule has 1 amide bonds. The van der Waals surface area contributed by atoms with E-state index in [-0.39, 0.29) is 24.6 Å². The summed E-state index contributed by atoms with van der Waals surface area (Å²) in [5.74, 6) is 1.57. The molecule has 0 bridgehead atoms. The van der Waals surface area contributed by atoms with Crippen LogP contribution in [0.2, 0.25) is 0 Å². The van der Waals surface area contributed by atoms with Crippen molar-refractivity contribution in [2.75, 3.05) is 25.2 Å². The topological polar surface area (TPSA) is 81.5 Å². The molecule has 35 heavy (non-hydrogen) atoms. The van der Waals surface area contributed by atoms with Crippen LogP contribution in [0, 0.1) is 5.82 Å². The highest BCUT2D eigenvalue weighted by Gasteiger charge is 2.27. The molecule has 1 saturated heterocycles. The average Bonchev–Trinajstić information content (AvgIpc) is 3.51. The van der Waals surface area contributed by atoms with Gasteiger partial charge in [-0.3, -0.25) is 14.3 Å². The fourth-order valence-electron chi connectivity index (χ4n) is 4.36. The number of nitrogens with one attached hydrogen (secondary N) is 1. The fourth-order valence-corrected chi connectivity index (χ4v) is 5.23. The van der Waals surface area contributed by atoms with Gasteiger partial charge in [0.1, 0.15) is 5.82 Å². The van der Waals surface area contributed by atoms with E-state index in [0.717, 1.165) is 37.4 Å². The third-order valence-corrected chi connectivity index (χ3v) is 7.39. The summed E-state index contributed by atoms with van der Waals surface area (Å²) in [6.07, 6.45) is 3.56. The summed E-state index contributed by atoms with van der Waals surface area (Å²) in [6, 6.07) is 11.6. The van der Waals surface area contributed by atoms with Gasteiger partial charge in [-0.1, -0.05) is 18.2 Å². The number of likely N-dealkylation sites (tertiary alicyclic amines) is 1. The predicted molar refractivity (Wildman–Crippen MR) is 132 cm³/mol. The number of anilines is 1. The zero-order valence-corrected chi connectivity index (χ0v) is 20.6. The summed E-state index contributed by atoms with van der Waals surface area (Å²) < 4.78 is 26.3. The van der Waals surface area contributed by atoms with Crippen LogP contribution < -0.4 is 14.8 Å². The van der Waals surface area contributed by atoms with Crippen molar-refractivity contribution in [3.63, 3.8) is 0 Å². The minimum Gasteiger partial charge on any atom is -0.454 e. The number of hydrogen-bond donors (Lipinski definition) is 1. The molecule has 0 radical (unpaired) electrons. The smallest absolute Gasteiger partial charge is 0.237 e. The van der Waals surface area contributed by atoms with Gasteiger partial charge in [0.2, 0.25) is 12.7 Å². The van der Waals surface area contributed by atoms with Gasteiger partial charge >= 0.3 is 0 Å². The number of ether oxygens (including phenoxy) is 2. The number of halogens is 1. The highest BCUT2D eigenvalue weighted by atomic mass is 32.2. The number of benzene rings is 2. The largest absolute Gasteiger partial charge is 0.454 e. The second kappa shape index (κ2) is 10.2. The van der Waals surface area contributed by atoms with Gasteiger partial charge in [0.05, 0.1) is 11.3 Å². The Hall–Kier alpha value is -3.11. The monoisotopic (exact) mass is 497 g/mol. The average molecular weight is 498 g/mol. The number of carbonyl (C=O) groups excluding carboxylic acids is 1. The van der Waals surface area contributed by atoms with Crippen molar-refractivity contribution >= 4 is 23.4 Å². The van der Waals surface area contributed by atoms with Crippen LogP contribution in [0.1, 0.15) is 45.0 Å². The lowest BCUT2D eigenvalue weighted by atomic mass is 10.1. The van der Waals surface area contributed by atoms with Crippen LogP contribution in [0.25, 0.3) is 5.69 Å². The van der Waals surface area contributed by atoms with E-state index in [1.807, 2.05) is 11.5 Å². The van der Waals surface area contributed by atoms with Crippen LogP contribution in [0.3, 0.4) is 0 Å². The number of rotatable bonds is 7. The minimum absolute atomic E-state index is 0.0416. The first-order valence-corrected chi connectivity index (χ1v) is 12.7. The van der Waals surface area contributed by atoms with Crippen LogP contribution in [-0.2, 0) is 4.79 Å². The number of thioether (sulfide) groups is 1. The molecular formula is C25H28FN5O3S. The molecule has 3 aromatic rings. The lowest BCUT2D eigenvalue weighted by Crippen LogP contribution is -2.33. The highest BCUT2D eigenvalue weighted by molar-refractivity contribution is 8.00. The number of amides is 1. The van der Waals surface area contributed by atoms with E-state index in [1.165, 1.54) is 30.3 Å². The molecule has 2 atom stereocenters. The fraction of sp³-hybridized carbons (Fsp3) is 0.400. The maximum Gasteiger partial charge on any atom is 0.237 e. The molecule has 8 nitrogen and oxygen atoms in total. The molecule has 184 valence electrons. The van der Waals surface area contributed by atoms with Crippen molar-refractivity contribution in [2.24, 2.45) is 0 Å². The highest BCUT2D eigenvalue weighted by Crippen LogP contribution is 2.35. The second-order valence-corrected chi connectivity index (χ2v) is 10.1. The lowest BCUT2D eigenvalue weighted by Gasteiger charge is -2.32. The standard InChI is InChI=1S/C25H28FN5O3S/c1-16(30-12-4-3-5-13-30)23-28-29-25(31(23)20-9-6-18(26)7-10-20)35-17(2)24(32)27-19-8-11-21-22(14-19)34-15-33-21/h6-11,14,16-17H,3-5,12-13,15H2,1-2H3,(H,27,32)/t16-,17+/m0/s1. The Labute approximate surface area is 207 Å². The third-order valence-electron chi connectivity index (χ3n) is 6.35. The molecular weight excluding hydrogens is 469 g/mol. The molecule has 0 unspecified atom stereocenters. The van der Waals surface area contributed by atoms with Gasteiger partial charge in [-0.15, -0.1) is 10.2 Å². The summed E-state index contributed by atoms with van der Waals surface area (Å²) in [6.45, 7) is 6.14. The molecule has 2 aliphatic heterocycles. The van der Waals surface area contributed by atoms with Crippen LogP contribution in [-0.4, -0.2) is 50.7 Å². The molecule has 10 heteroatoms. The maximum absolute atomic E-state index is 13.7. The van der Waals surface area contributed by atoms with Gasteiger partial charge in [0, 0.05) is 17.4 Å². The lowest BCUT2D eigenvalue weighted by molar-refractivity contribution is -0.115. The van der Waals surface area contributed by atoms with Crippen LogP contribution in [0.15, 0.2) is 47.6 Å². The molecule has 1 N–H and O–H groups in total. The van der Waals surface area contributed by atoms with Crippen molar-refractivity contribution in [3.05, 3.63) is 54.1 Å². The van der Waals surface area contributed by atoms with E-state index >= 15 is 0 Å². The van der Waals surface area contributed by atoms with Crippen molar-refractivity contribution in [3.8, 4) is 17.2 Å². The van der Waals surface area contributed by atoms with E-state index in [4.69, 9.17) is 9.47 Å². The Morgan fingerprint density at radius 1 is 1.03 bits per heavy atom. The summed E-state index contributed by atoms with van der Waals surface area (Å²) in [5, 5.41) is 12.0. The van der Waals surface area contributed by atoms with Gasteiger partial charge in [-0.25, -0.2) is 4.39 Å². The van der Waals surface area contributed by atoms with Crippen molar-refractivity contribution in [2.45, 2.75) is 49.6 Å². The van der Waals surface area contributed by atoms with Crippen molar-refractivity contribution < 1.29 is 18.7 Å². The normalized spacial score (nSPS) is 17.2. The Bertz CT molecular complexity index is 1200. The zero-order chi connectivity index (χ0) is 24.4. The Balaban J connectivity index is 1.37. The van der Waals surface area contributed by atoms with E-state index < -0.39 is 5.25 Å². The van der Waals surface area contributed by atoms with Crippen LogP contribution in [0.4, 0.5) is 10.1 Å². The number of aromatic nitrogens is 3. The van der Waals surface area contributed by atoms with E-state index in [1.54, 1.807) is 30.3 Å². The van der Waals surface area contributed by atoms with E-state index in [2.05, 4.69) is 27.3 Å². The Kier molecular flexibility index (Phi) is 6.92. The number of hydrogen-bond acceptors (Lipinski definition) is 7. The molecule has 0 aliphatic carbocycles. The van der Waals surface area contributed by atoms with E-state index in [0.29, 0.717) is 22.3 Å². The summed E-state index contributed by atoms with van der Waals surface area (Å²) in [4.78, 5) is 15.4. The molecule has 3 heterocycles. The summed E-state index contributed by atoms with van der Waals surface area (Å²) in [5.41, 5.74) is 1.40. The molecule has 0 saturated carbocycles. The number of carbonyl (C=O) groups is 1. The van der Waals surface area contributed by atoms with Gasteiger partial charge < -0.3 is 14.8 Å². The van der Waals surface area contributed by atoms with Crippen molar-refractivity contribution in [1.29, 1.82) is 0 Å². The Morgan fingerprint density at radius 2 is 1.77 bits per heavy atom. The van der Waals surface area contributed by atoms with Gasteiger partial charge in [-0.2, -0.15) is 0 Å². The minimum atomic E-state index is -0.457. The first kappa shape index (κ1) is 23.6. The van der Waals surface area contributed by atoms with Crippen molar-refractivity contribution in [1.82, 2.24) is 19.7 Å². The molecule has 2 aromatic carbocycles. The number of nitrogens with zero attached hydrogens (tertiary/aromatic N) is 4. The van der Waals surface area contributed by atoms with Crippen LogP contribution in [0.5, 0.6) is 11.5 Å². The molecule has 2 aliphatic rings. The third kappa shape index (κ3) is 5.13. The number of piperidine rings is 1. The summed E-state index contributed by atoms with van der Waals surface area (Å²) >= 11 is 1.32. The number of fused-ring (bicyclic) bond motifs is 1. The SMILES string of the molecule is C[C@@H](Sc1nnc([C@H](C)N2CCCCC2)n1-c1ccc(F)cc1)C(=O)Nc1ccc2c(c1)OCO2. The van der Waals surface area contributed by atoms with Crippen LogP contribution >= 0.6 is 11.8 Å². The molecule has 0 spiro atoms. The molecule has 1 aromatic heterocycles. The second-order valence-electron chi connectivity index (χ2n) is 8.74. The maximum atomic E-state index is 13.7. The zero-order valence-electron chi connectivity index (χ0n) is 19.7. The van der Waals surface area contributed by atoms with Gasteiger partial charge in [-0.05, 0) is 76.2 Å². The Morgan fingerprint density at radius 3 is 2.54 bits per heavy atom. The van der Waals surface area contributed by atoms with Gasteiger partial charge in [0.25, 0.3) is 0 Å². The van der Waals surface area contributed by atoms with Gasteiger partial charge in [0.15, 0.2) is 22.5 Å². The first-order chi connectivity index (χ1) is 17.0. The first-order valence-electron chi connectivity index (χ1n) is 11.8. The molecule has 1 fully saturated rings. The predicted octanol–water partition coefficient (Wildman–Crippen LogP) is 4.80.